The van der Waals surface area contributed by atoms with Gasteiger partial charge in [-0.2, -0.15) is 0 Å². The van der Waals surface area contributed by atoms with Crippen molar-refractivity contribution in [3.05, 3.63) is 12.2 Å². The largest absolute Gasteiger partial charge is 0.481 e. The Morgan fingerprint density at radius 3 is 1.08 bits per heavy atom. The summed E-state index contributed by atoms with van der Waals surface area (Å²) >= 11 is 0. The minimum Gasteiger partial charge on any atom is -0.481 e. The van der Waals surface area contributed by atoms with E-state index in [1.165, 1.54) is 7.11 Å². The van der Waals surface area contributed by atoms with Gasteiger partial charge in [-0.25, -0.2) is 4.79 Å². The van der Waals surface area contributed by atoms with Crippen LogP contribution < -0.4 is 0 Å². The topological polar surface area (TPSA) is 171 Å². The highest BCUT2D eigenvalue weighted by Gasteiger charge is 2.37. The molecule has 3 unspecified atom stereocenters. The number of hydrogen-bond donors (Lipinski definition) is 2. The van der Waals surface area contributed by atoms with Gasteiger partial charge in [-0.1, -0.05) is 129 Å². The van der Waals surface area contributed by atoms with Crippen LogP contribution in [0, 0.1) is 53.3 Å². The molecule has 11 atom stereocenters. The molecule has 0 fully saturated rings. The first kappa shape index (κ1) is 62.0. The number of ether oxygens (including phenoxy) is 2. The second-order valence-corrected chi connectivity index (χ2v) is 18.3. The highest BCUT2D eigenvalue weighted by Crippen LogP contribution is 2.26. The van der Waals surface area contributed by atoms with Gasteiger partial charge in [0.15, 0.2) is 0 Å². The average Bonchev–Trinajstić information content (AvgIpc) is 3.20. The lowest BCUT2D eigenvalue weighted by molar-refractivity contribution is -0.148. The van der Waals surface area contributed by atoms with Crippen molar-refractivity contribution >= 4 is 35.4 Å². The molecule has 0 aliphatic carbocycles. The van der Waals surface area contributed by atoms with Gasteiger partial charge < -0.3 is 34.4 Å². The van der Waals surface area contributed by atoms with E-state index in [0.717, 1.165) is 25.3 Å². The Kier molecular flexibility index (Phi) is 32.0. The lowest BCUT2D eigenvalue weighted by atomic mass is 9.88. The predicted molar refractivity (Wildman–Crippen MR) is 246 cm³/mol. The molecule has 0 aromatic carbocycles. The number of nitrogens with zero attached hydrogens (tertiary/aromatic N) is 3. The molecular formula is C48H91N3O10. The number of amides is 3. The number of carbonyl (C=O) groups is 6. The molecule has 0 radical (unpaired) electrons. The Morgan fingerprint density at radius 1 is 0.525 bits per heavy atom. The molecule has 358 valence electrons. The highest BCUT2D eigenvalue weighted by molar-refractivity contribution is 5.82. The van der Waals surface area contributed by atoms with Gasteiger partial charge in [-0.15, -0.1) is 0 Å². The van der Waals surface area contributed by atoms with Crippen molar-refractivity contribution in [2.75, 3.05) is 35.4 Å². The van der Waals surface area contributed by atoms with E-state index >= 15 is 0 Å². The van der Waals surface area contributed by atoms with Crippen molar-refractivity contribution in [3.8, 4) is 0 Å². The standard InChI is InChI=1S/C17H33NO3.C16H31NO4.C15H27NO3/c1-9-12(4)16(15(21-8)10-13(5)19)18(7)17(20)14(6)11(2)3;1-8-11(4)15(13(21-7)9-14(18)19)17(6)16(20)12(5)10(2)3;1-7-11(4)13(8-9-14(17)18)16(6)15(19)12(5)10(2)3/h11-12,14-16H,9-10H2,1-8H3;10-13,15H,8-9H2,1-7H3,(H,18,19);8-13H,7H2,1-6H3,(H,17,18)/b;;9-8+/t12-,14-,15+,16?;11-,12-,13-,15?;11-,12-,13?/m000/s1. The lowest BCUT2D eigenvalue weighted by Crippen LogP contribution is -2.51. The Labute approximate surface area is 371 Å². The highest BCUT2D eigenvalue weighted by atomic mass is 16.5. The summed E-state index contributed by atoms with van der Waals surface area (Å²) in [5.41, 5.74) is 0. The number of carboxylic acid groups (broad SMARTS) is 2. The molecule has 0 aliphatic heterocycles. The Bertz CT molecular complexity index is 1270. The summed E-state index contributed by atoms with van der Waals surface area (Å²) in [5, 5.41) is 17.8. The number of likely N-dealkylation sites (N-methyl/N-ethyl adjacent to an activating group) is 3. The van der Waals surface area contributed by atoms with Crippen LogP contribution in [0.4, 0.5) is 0 Å². The van der Waals surface area contributed by atoms with Crippen molar-refractivity contribution in [1.82, 2.24) is 14.7 Å². The summed E-state index contributed by atoms with van der Waals surface area (Å²) < 4.78 is 10.9. The van der Waals surface area contributed by atoms with Gasteiger partial charge in [0, 0.05) is 65.6 Å². The van der Waals surface area contributed by atoms with Gasteiger partial charge in [0.1, 0.15) is 5.78 Å². The summed E-state index contributed by atoms with van der Waals surface area (Å²) in [4.78, 5) is 75.9. The zero-order valence-corrected chi connectivity index (χ0v) is 42.3. The molecule has 3 amide bonds. The van der Waals surface area contributed by atoms with Gasteiger partial charge in [0.05, 0.1) is 36.8 Å². The van der Waals surface area contributed by atoms with Gasteiger partial charge >= 0.3 is 11.9 Å². The van der Waals surface area contributed by atoms with Gasteiger partial charge in [0.25, 0.3) is 0 Å². The van der Waals surface area contributed by atoms with Crippen LogP contribution in [-0.2, 0) is 38.2 Å². The summed E-state index contributed by atoms with van der Waals surface area (Å²) in [5.74, 6) is -0.254. The van der Waals surface area contributed by atoms with E-state index in [-0.39, 0.29) is 101 Å². The minimum atomic E-state index is -0.980. The number of Topliss-reactive ketones (excluding diaryl/α,β-unsaturated/α-hetero) is 1. The SMILES string of the molecule is CC[C@H](C)C(/C=C/C(=O)O)N(C)C(=O)[C@@H](C)C(C)C.CC[C@H](C)C([C@@H](CC(C)=O)OC)N(C)C(=O)[C@@H](C)C(C)C.CC[C@H](C)C([C@H](CC(=O)O)OC)N(C)C(=O)[C@@H](C)C(C)C. The maximum Gasteiger partial charge on any atom is 0.328 e. The van der Waals surface area contributed by atoms with Crippen LogP contribution in [-0.4, -0.2) is 126 Å². The lowest BCUT2D eigenvalue weighted by Gasteiger charge is -2.39. The monoisotopic (exact) mass is 870 g/mol. The molecule has 2 N–H and O–H groups in total. The smallest absolute Gasteiger partial charge is 0.328 e. The van der Waals surface area contributed by atoms with Crippen LogP contribution in [0.3, 0.4) is 0 Å². The molecule has 0 rings (SSSR count). The van der Waals surface area contributed by atoms with E-state index in [9.17, 15) is 28.8 Å². The van der Waals surface area contributed by atoms with Crippen LogP contribution in [0.15, 0.2) is 12.2 Å². The van der Waals surface area contributed by atoms with E-state index in [4.69, 9.17) is 19.7 Å². The van der Waals surface area contributed by atoms with Crippen molar-refractivity contribution in [1.29, 1.82) is 0 Å². The van der Waals surface area contributed by atoms with Gasteiger partial charge in [-0.05, 0) is 42.4 Å². The zero-order chi connectivity index (χ0) is 48.6. The Morgan fingerprint density at radius 2 is 0.836 bits per heavy atom. The third-order valence-electron chi connectivity index (χ3n) is 12.9. The van der Waals surface area contributed by atoms with Crippen molar-refractivity contribution in [2.45, 2.75) is 173 Å². The predicted octanol–water partition coefficient (Wildman–Crippen LogP) is 8.58. The quantitative estimate of drug-likeness (QED) is 0.0847. The second kappa shape index (κ2) is 31.5. The summed E-state index contributed by atoms with van der Waals surface area (Å²) in [6.07, 6.45) is 4.94. The number of ketones is 1. The molecule has 0 bridgehead atoms. The minimum absolute atomic E-state index is 0.0311. The Hall–Kier alpha value is -3.32. The van der Waals surface area contributed by atoms with Gasteiger partial charge in [0.2, 0.25) is 17.7 Å². The first-order valence-electron chi connectivity index (χ1n) is 22.5. The van der Waals surface area contributed by atoms with Crippen molar-refractivity contribution < 1.29 is 48.5 Å². The fourth-order valence-electron chi connectivity index (χ4n) is 7.00. The van der Waals surface area contributed by atoms with Crippen LogP contribution in [0.25, 0.3) is 0 Å². The molecule has 61 heavy (non-hydrogen) atoms. The maximum atomic E-state index is 12.6. The first-order valence-corrected chi connectivity index (χ1v) is 22.5. The summed E-state index contributed by atoms with van der Waals surface area (Å²) in [6, 6.07) is -0.475. The van der Waals surface area contributed by atoms with Crippen LogP contribution in [0.1, 0.15) is 143 Å². The van der Waals surface area contributed by atoms with Crippen LogP contribution in [0.5, 0.6) is 0 Å². The summed E-state index contributed by atoms with van der Waals surface area (Å²) in [7, 11) is 8.47. The number of carboxylic acids is 2. The number of rotatable bonds is 25. The van der Waals surface area contributed by atoms with E-state index in [2.05, 4.69) is 27.7 Å². The zero-order valence-electron chi connectivity index (χ0n) is 42.3. The molecule has 0 heterocycles. The molecule has 0 aliphatic rings. The van der Waals surface area contributed by atoms with Crippen LogP contribution in [0.2, 0.25) is 0 Å². The normalized spacial score (nSPS) is 16.9. The number of methoxy groups -OCH3 is 2. The van der Waals surface area contributed by atoms with Crippen molar-refractivity contribution in [3.63, 3.8) is 0 Å². The van der Waals surface area contributed by atoms with E-state index in [1.54, 1.807) is 48.9 Å². The van der Waals surface area contributed by atoms with Crippen LogP contribution >= 0.6 is 0 Å². The molecule has 13 nitrogen and oxygen atoms in total. The third kappa shape index (κ3) is 22.0. The number of carbonyl (C=O) groups excluding carboxylic acids is 4. The molecule has 0 aromatic rings. The number of hydrogen-bond acceptors (Lipinski definition) is 8. The molecule has 13 heteroatoms. The third-order valence-corrected chi connectivity index (χ3v) is 12.9. The fraction of sp³-hybridized carbons (Fsp3) is 0.833. The number of aliphatic carboxylic acids is 2. The average molecular weight is 870 g/mol. The molecule has 0 saturated heterocycles. The van der Waals surface area contributed by atoms with Crippen molar-refractivity contribution in [2.24, 2.45) is 53.3 Å². The van der Waals surface area contributed by atoms with Gasteiger partial charge in [-0.3, -0.25) is 24.0 Å². The molecular weight excluding hydrogens is 779 g/mol. The van der Waals surface area contributed by atoms with E-state index < -0.39 is 18.0 Å². The molecule has 0 spiro atoms. The fourth-order valence-corrected chi connectivity index (χ4v) is 7.00. The first-order chi connectivity index (χ1) is 28.0. The molecule has 0 saturated carbocycles. The Balaban J connectivity index is -0.000000829. The van der Waals surface area contributed by atoms with E-state index in [1.807, 2.05) is 83.2 Å². The second-order valence-electron chi connectivity index (χ2n) is 18.3. The maximum absolute atomic E-state index is 12.6. The summed E-state index contributed by atoms with van der Waals surface area (Å²) in [6.45, 7) is 31.9. The molecule has 0 aromatic heterocycles. The van der Waals surface area contributed by atoms with E-state index in [0.29, 0.717) is 12.3 Å².